The van der Waals surface area contributed by atoms with Gasteiger partial charge in [-0.15, -0.1) is 0 Å². The highest BCUT2D eigenvalue weighted by Crippen LogP contribution is 2.48. The molecule has 11 nitrogen and oxygen atoms in total. The lowest BCUT2D eigenvalue weighted by Gasteiger charge is -2.39. The second-order valence-corrected chi connectivity index (χ2v) is 12.1. The number of amides is 3. The van der Waals surface area contributed by atoms with E-state index in [1.165, 1.54) is 6.07 Å². The number of nitrogens with zero attached hydrogens (tertiary/aromatic N) is 4. The first kappa shape index (κ1) is 26.9. The van der Waals surface area contributed by atoms with Crippen molar-refractivity contribution in [1.29, 1.82) is 5.26 Å². The molecule has 1 aliphatic carbocycles. The number of carboxylic acid groups (broad SMARTS) is 1. The number of hydrogen-bond acceptors (Lipinski definition) is 7. The number of alkyl carbamates (subject to hydrolysis) is 1. The first-order valence-electron chi connectivity index (χ1n) is 13.5. The summed E-state index contributed by atoms with van der Waals surface area (Å²) in [4.78, 5) is 56.7. The minimum atomic E-state index is -1.02. The number of rotatable bonds is 7. The molecule has 208 valence electrons. The van der Waals surface area contributed by atoms with Gasteiger partial charge in [0.1, 0.15) is 17.7 Å². The van der Waals surface area contributed by atoms with Gasteiger partial charge in [0.05, 0.1) is 23.7 Å². The zero-order chi connectivity index (χ0) is 28.2. The molecule has 3 aliphatic heterocycles. The van der Waals surface area contributed by atoms with Gasteiger partial charge in [0, 0.05) is 25.2 Å². The standard InChI is InChI=1S/C28H35N5O6/c1-15(16-6-5-7-17(8-16)26(36)37)32-20-11-23(25(32)35)31(13-20)14-21(30-27(38)39-28(2,3)4)24(34)33-19(12-29)9-18-10-22(18)33/h5-8,15,18-23H,9-11,13-14H2,1-4H3,(H,30,38)(H,36,37)/t15?,18-,19?,20+,21?,22+,23?/m1/s1. The van der Waals surface area contributed by atoms with E-state index in [-0.39, 0.29) is 42.0 Å². The Kier molecular flexibility index (Phi) is 6.79. The van der Waals surface area contributed by atoms with Gasteiger partial charge in [0.25, 0.3) is 0 Å². The molecule has 3 amide bonds. The van der Waals surface area contributed by atoms with Crippen molar-refractivity contribution in [1.82, 2.24) is 20.0 Å². The monoisotopic (exact) mass is 537 g/mol. The molecule has 1 aromatic carbocycles. The summed E-state index contributed by atoms with van der Waals surface area (Å²) in [6.07, 6.45) is 1.38. The zero-order valence-electron chi connectivity index (χ0n) is 22.7. The predicted molar refractivity (Wildman–Crippen MR) is 138 cm³/mol. The lowest BCUT2D eigenvalue weighted by Crippen LogP contribution is -2.59. The van der Waals surface area contributed by atoms with E-state index in [2.05, 4.69) is 11.4 Å². The molecular weight excluding hydrogens is 502 g/mol. The molecule has 4 aliphatic rings. The number of carboxylic acids is 1. The van der Waals surface area contributed by atoms with Crippen LogP contribution in [0.1, 0.15) is 68.9 Å². The van der Waals surface area contributed by atoms with Crippen LogP contribution in [0, 0.1) is 17.2 Å². The SMILES string of the molecule is CC(c1cccc(C(=O)O)c1)N1C(=O)C2C[C@H]1CN2CC(NC(=O)OC(C)(C)C)C(=O)N1C(C#N)C[C@@H]2C[C@@H]21. The number of ether oxygens (including phenoxy) is 1. The van der Waals surface area contributed by atoms with Crippen LogP contribution in [-0.2, 0) is 14.3 Å². The molecular formula is C28H35N5O6. The Balaban J connectivity index is 1.31. The summed E-state index contributed by atoms with van der Waals surface area (Å²) in [5, 5.41) is 21.7. The van der Waals surface area contributed by atoms with Crippen molar-refractivity contribution in [2.24, 2.45) is 5.92 Å². The van der Waals surface area contributed by atoms with Crippen molar-refractivity contribution in [3.8, 4) is 6.07 Å². The first-order valence-corrected chi connectivity index (χ1v) is 13.5. The highest BCUT2D eigenvalue weighted by Gasteiger charge is 2.56. The van der Waals surface area contributed by atoms with E-state index in [1.54, 1.807) is 42.7 Å². The van der Waals surface area contributed by atoms with E-state index < -0.39 is 35.8 Å². The summed E-state index contributed by atoms with van der Waals surface area (Å²) < 4.78 is 5.42. The maximum atomic E-state index is 13.7. The molecule has 1 saturated carbocycles. The molecule has 2 bridgehead atoms. The van der Waals surface area contributed by atoms with Crippen LogP contribution in [0.25, 0.3) is 0 Å². The van der Waals surface area contributed by atoms with Gasteiger partial charge in [-0.3, -0.25) is 14.5 Å². The number of carbonyl (C=O) groups is 4. The second-order valence-electron chi connectivity index (χ2n) is 12.1. The highest BCUT2D eigenvalue weighted by atomic mass is 16.6. The largest absolute Gasteiger partial charge is 0.478 e. The van der Waals surface area contributed by atoms with Crippen molar-refractivity contribution < 1.29 is 29.0 Å². The van der Waals surface area contributed by atoms with Gasteiger partial charge < -0.3 is 25.0 Å². The van der Waals surface area contributed by atoms with Gasteiger partial charge in [-0.2, -0.15) is 5.26 Å². The molecule has 3 saturated heterocycles. The summed E-state index contributed by atoms with van der Waals surface area (Å²) in [6, 6.07) is 6.53. The van der Waals surface area contributed by atoms with Crippen molar-refractivity contribution in [3.05, 3.63) is 35.4 Å². The van der Waals surface area contributed by atoms with Crippen molar-refractivity contribution in [3.63, 3.8) is 0 Å². The van der Waals surface area contributed by atoms with Crippen LogP contribution in [0.3, 0.4) is 0 Å². The minimum absolute atomic E-state index is 0.0275. The highest BCUT2D eigenvalue weighted by molar-refractivity contribution is 5.89. The predicted octanol–water partition coefficient (Wildman–Crippen LogP) is 2.14. The molecule has 0 spiro atoms. The summed E-state index contributed by atoms with van der Waals surface area (Å²) in [5.74, 6) is -1.09. The van der Waals surface area contributed by atoms with Crippen LogP contribution >= 0.6 is 0 Å². The lowest BCUT2D eigenvalue weighted by atomic mass is 10.0. The number of piperazine rings is 1. The van der Waals surface area contributed by atoms with Crippen molar-refractivity contribution in [2.75, 3.05) is 13.1 Å². The summed E-state index contributed by atoms with van der Waals surface area (Å²) in [7, 11) is 0. The van der Waals surface area contributed by atoms with Gasteiger partial charge in [0.15, 0.2) is 0 Å². The third-order valence-corrected chi connectivity index (χ3v) is 8.26. The molecule has 7 atom stereocenters. The Morgan fingerprint density at radius 1 is 1.23 bits per heavy atom. The normalized spacial score (nSPS) is 29.0. The van der Waals surface area contributed by atoms with Crippen LogP contribution in [0.4, 0.5) is 4.79 Å². The molecule has 4 fully saturated rings. The first-order chi connectivity index (χ1) is 18.4. The van der Waals surface area contributed by atoms with Crippen molar-refractivity contribution in [2.45, 2.75) is 88.8 Å². The molecule has 39 heavy (non-hydrogen) atoms. The summed E-state index contributed by atoms with van der Waals surface area (Å²) in [5.41, 5.74) is 0.166. The molecule has 5 rings (SSSR count). The number of likely N-dealkylation sites (tertiary alicyclic amines) is 3. The van der Waals surface area contributed by atoms with Gasteiger partial charge in [-0.1, -0.05) is 12.1 Å². The summed E-state index contributed by atoms with van der Waals surface area (Å²) >= 11 is 0. The number of nitriles is 1. The van der Waals surface area contributed by atoms with Gasteiger partial charge in [-0.25, -0.2) is 9.59 Å². The Morgan fingerprint density at radius 3 is 2.62 bits per heavy atom. The fourth-order valence-corrected chi connectivity index (χ4v) is 6.43. The number of aromatic carboxylic acids is 1. The van der Waals surface area contributed by atoms with E-state index in [4.69, 9.17) is 4.74 Å². The van der Waals surface area contributed by atoms with Crippen molar-refractivity contribution >= 4 is 23.9 Å². The quantitative estimate of drug-likeness (QED) is 0.539. The maximum absolute atomic E-state index is 13.7. The van der Waals surface area contributed by atoms with Gasteiger partial charge in [0.2, 0.25) is 11.8 Å². The number of hydrogen-bond donors (Lipinski definition) is 2. The topological polar surface area (TPSA) is 143 Å². The number of nitrogens with one attached hydrogen (secondary N) is 1. The lowest BCUT2D eigenvalue weighted by molar-refractivity contribution is -0.141. The molecule has 11 heteroatoms. The van der Waals surface area contributed by atoms with E-state index >= 15 is 0 Å². The van der Waals surface area contributed by atoms with Crippen LogP contribution in [0.15, 0.2) is 24.3 Å². The fourth-order valence-electron chi connectivity index (χ4n) is 6.43. The average Bonchev–Trinajstić information content (AvgIpc) is 3.18. The van der Waals surface area contributed by atoms with E-state index in [9.17, 15) is 29.5 Å². The van der Waals surface area contributed by atoms with E-state index in [0.717, 1.165) is 12.0 Å². The van der Waals surface area contributed by atoms with E-state index in [0.29, 0.717) is 25.3 Å². The Hall–Kier alpha value is -3.65. The van der Waals surface area contributed by atoms with Gasteiger partial charge in [-0.05, 0) is 70.6 Å². The van der Waals surface area contributed by atoms with E-state index in [1.807, 2.05) is 17.9 Å². The Labute approximate surface area is 227 Å². The Morgan fingerprint density at radius 2 is 1.97 bits per heavy atom. The third kappa shape index (κ3) is 5.17. The molecule has 0 aromatic heterocycles. The number of piperidine rings is 1. The van der Waals surface area contributed by atoms with Crippen LogP contribution in [-0.4, -0.2) is 92.6 Å². The van der Waals surface area contributed by atoms with Crippen LogP contribution < -0.4 is 5.32 Å². The van der Waals surface area contributed by atoms with Crippen LogP contribution in [0.5, 0.6) is 0 Å². The minimum Gasteiger partial charge on any atom is -0.478 e. The van der Waals surface area contributed by atoms with Gasteiger partial charge >= 0.3 is 12.1 Å². The Bertz CT molecular complexity index is 1240. The molecule has 4 unspecified atom stereocenters. The molecule has 3 heterocycles. The smallest absolute Gasteiger partial charge is 0.408 e. The number of benzene rings is 1. The second kappa shape index (κ2) is 9.83. The van der Waals surface area contributed by atoms with Crippen LogP contribution in [0.2, 0.25) is 0 Å². The third-order valence-electron chi connectivity index (χ3n) is 8.26. The average molecular weight is 538 g/mol. The maximum Gasteiger partial charge on any atom is 0.408 e. The molecule has 0 radical (unpaired) electrons. The molecule has 1 aromatic rings. The number of fused-ring (bicyclic) bond motifs is 3. The fraction of sp³-hybridized carbons (Fsp3) is 0.607. The molecule has 2 N–H and O–H groups in total. The summed E-state index contributed by atoms with van der Waals surface area (Å²) in [6.45, 7) is 7.77. The zero-order valence-corrected chi connectivity index (χ0v) is 22.7. The number of carbonyl (C=O) groups excluding carboxylic acids is 3.